The number of nitrogens with one attached hydrogen (secondary N) is 1. The number of alkyl halides is 3. The molecule has 3 heterocycles. The molecular formula is C29H30F3N7O3. The SMILES string of the molecule is COc1ccc(Cn2nc3c(c(C(F)(F)F)c2=O)CCC3CNCC(=O)N2CCN(c3ccc(C#N)cn3)CC2)cc1. The highest BCUT2D eigenvalue weighted by molar-refractivity contribution is 5.78. The Morgan fingerprint density at radius 1 is 1.14 bits per heavy atom. The maximum absolute atomic E-state index is 14.0. The number of aromatic nitrogens is 3. The normalized spacial score (nSPS) is 16.7. The second kappa shape index (κ2) is 12.2. The Balaban J connectivity index is 1.22. The first-order valence-corrected chi connectivity index (χ1v) is 13.6. The zero-order valence-electron chi connectivity index (χ0n) is 23.0. The van der Waals surface area contributed by atoms with E-state index in [1.54, 1.807) is 41.3 Å². The van der Waals surface area contributed by atoms with Gasteiger partial charge in [-0.2, -0.15) is 23.5 Å². The van der Waals surface area contributed by atoms with Crippen molar-refractivity contribution in [1.29, 1.82) is 5.26 Å². The molecule has 5 rings (SSSR count). The Morgan fingerprint density at radius 3 is 2.50 bits per heavy atom. The predicted octanol–water partition coefficient (Wildman–Crippen LogP) is 2.55. The lowest BCUT2D eigenvalue weighted by Gasteiger charge is -2.35. The van der Waals surface area contributed by atoms with Gasteiger partial charge in [0.25, 0.3) is 5.56 Å². The average Bonchev–Trinajstić information content (AvgIpc) is 3.38. The summed E-state index contributed by atoms with van der Waals surface area (Å²) < 4.78 is 48.1. The average molecular weight is 582 g/mol. The predicted molar refractivity (Wildman–Crippen MR) is 147 cm³/mol. The lowest BCUT2D eigenvalue weighted by Crippen LogP contribution is -2.51. The number of pyridine rings is 1. The van der Waals surface area contributed by atoms with Crippen molar-refractivity contribution in [3.8, 4) is 11.8 Å². The minimum atomic E-state index is -4.81. The Bertz CT molecular complexity index is 1520. The number of nitrogens with zero attached hydrogens (tertiary/aromatic N) is 6. The molecule has 0 spiro atoms. The van der Waals surface area contributed by atoms with Gasteiger partial charge in [-0.3, -0.25) is 9.59 Å². The van der Waals surface area contributed by atoms with Gasteiger partial charge < -0.3 is 19.9 Å². The van der Waals surface area contributed by atoms with Gasteiger partial charge in [0.15, 0.2) is 0 Å². The number of anilines is 1. The van der Waals surface area contributed by atoms with Gasteiger partial charge in [0.05, 0.1) is 31.5 Å². The van der Waals surface area contributed by atoms with Gasteiger partial charge in [0.2, 0.25) is 5.91 Å². The van der Waals surface area contributed by atoms with Crippen LogP contribution in [-0.2, 0) is 23.9 Å². The number of carbonyl (C=O) groups is 1. The summed E-state index contributed by atoms with van der Waals surface area (Å²) in [5.41, 5.74) is -1.02. The molecule has 1 saturated heterocycles. The maximum atomic E-state index is 14.0. The summed E-state index contributed by atoms with van der Waals surface area (Å²) in [6, 6.07) is 12.2. The first-order chi connectivity index (χ1) is 20.2. The summed E-state index contributed by atoms with van der Waals surface area (Å²) in [6.45, 7) is 2.39. The molecule has 2 aromatic heterocycles. The van der Waals surface area contributed by atoms with Gasteiger partial charge in [-0.1, -0.05) is 12.1 Å². The molecule has 42 heavy (non-hydrogen) atoms. The lowest BCUT2D eigenvalue weighted by molar-refractivity contribution is -0.139. The molecule has 1 atom stereocenters. The Kier molecular flexibility index (Phi) is 8.44. The number of carbonyl (C=O) groups excluding carboxylic acids is 1. The van der Waals surface area contributed by atoms with Crippen LogP contribution in [0.15, 0.2) is 47.4 Å². The third kappa shape index (κ3) is 6.23. The van der Waals surface area contributed by atoms with Crippen LogP contribution in [-0.4, -0.2) is 71.9 Å². The summed E-state index contributed by atoms with van der Waals surface area (Å²) in [6.07, 6.45) is -2.79. The molecule has 1 amide bonds. The number of halogens is 3. The molecule has 13 heteroatoms. The van der Waals surface area contributed by atoms with Crippen molar-refractivity contribution in [2.45, 2.75) is 31.5 Å². The molecule has 0 radical (unpaired) electrons. The lowest BCUT2D eigenvalue weighted by atomic mass is 10.1. The van der Waals surface area contributed by atoms with Crippen LogP contribution in [0, 0.1) is 11.3 Å². The van der Waals surface area contributed by atoms with Crippen molar-refractivity contribution < 1.29 is 22.7 Å². The van der Waals surface area contributed by atoms with E-state index in [-0.39, 0.29) is 49.1 Å². The number of hydrogen-bond acceptors (Lipinski definition) is 8. The van der Waals surface area contributed by atoms with Crippen LogP contribution in [0.1, 0.15) is 40.3 Å². The number of fused-ring (bicyclic) bond motifs is 1. The fourth-order valence-electron chi connectivity index (χ4n) is 5.45. The van der Waals surface area contributed by atoms with E-state index in [1.807, 2.05) is 11.0 Å². The number of hydrogen-bond donors (Lipinski definition) is 1. The van der Waals surface area contributed by atoms with Crippen molar-refractivity contribution >= 4 is 11.7 Å². The second-order valence-corrected chi connectivity index (χ2v) is 10.3. The zero-order chi connectivity index (χ0) is 29.9. The maximum Gasteiger partial charge on any atom is 0.422 e. The van der Waals surface area contributed by atoms with Gasteiger partial charge in [0, 0.05) is 44.8 Å². The summed E-state index contributed by atoms with van der Waals surface area (Å²) >= 11 is 0. The monoisotopic (exact) mass is 581 g/mol. The second-order valence-electron chi connectivity index (χ2n) is 10.3. The van der Waals surface area contributed by atoms with Crippen LogP contribution in [0.2, 0.25) is 0 Å². The van der Waals surface area contributed by atoms with Crippen molar-refractivity contribution in [2.24, 2.45) is 0 Å². The number of benzene rings is 1. The molecule has 0 saturated carbocycles. The number of piperazine rings is 1. The molecule has 1 aromatic carbocycles. The van der Waals surface area contributed by atoms with Gasteiger partial charge in [-0.05, 0) is 48.2 Å². The molecule has 1 N–H and O–H groups in total. The largest absolute Gasteiger partial charge is 0.497 e. The molecule has 10 nitrogen and oxygen atoms in total. The smallest absolute Gasteiger partial charge is 0.422 e. The van der Waals surface area contributed by atoms with E-state index in [0.29, 0.717) is 49.5 Å². The molecule has 1 aliphatic carbocycles. The number of amides is 1. The van der Waals surface area contributed by atoms with E-state index in [1.165, 1.54) is 13.3 Å². The van der Waals surface area contributed by atoms with Gasteiger partial charge in [0.1, 0.15) is 23.2 Å². The van der Waals surface area contributed by atoms with E-state index in [4.69, 9.17) is 10.00 Å². The Labute approximate surface area is 240 Å². The van der Waals surface area contributed by atoms with Crippen molar-refractivity contribution in [3.05, 3.63) is 80.9 Å². The van der Waals surface area contributed by atoms with E-state index >= 15 is 0 Å². The fraction of sp³-hybridized carbons (Fsp3) is 0.414. The molecular weight excluding hydrogens is 551 g/mol. The summed E-state index contributed by atoms with van der Waals surface area (Å²) in [7, 11) is 1.51. The van der Waals surface area contributed by atoms with Crippen molar-refractivity contribution in [2.75, 3.05) is 51.3 Å². The molecule has 3 aromatic rings. The van der Waals surface area contributed by atoms with Crippen LogP contribution < -0.4 is 20.5 Å². The van der Waals surface area contributed by atoms with Gasteiger partial charge >= 0.3 is 6.18 Å². The van der Waals surface area contributed by atoms with Crippen LogP contribution in [0.4, 0.5) is 19.0 Å². The highest BCUT2D eigenvalue weighted by atomic mass is 19.4. The topological polar surface area (TPSA) is 116 Å². The molecule has 220 valence electrons. The first-order valence-electron chi connectivity index (χ1n) is 13.6. The highest BCUT2D eigenvalue weighted by Crippen LogP contribution is 2.38. The van der Waals surface area contributed by atoms with Crippen LogP contribution in [0.3, 0.4) is 0 Å². The number of rotatable bonds is 8. The third-order valence-electron chi connectivity index (χ3n) is 7.69. The third-order valence-corrected chi connectivity index (χ3v) is 7.69. The van der Waals surface area contributed by atoms with Gasteiger partial charge in [-0.25, -0.2) is 9.67 Å². The summed E-state index contributed by atoms with van der Waals surface area (Å²) in [5, 5.41) is 16.4. The molecule has 1 fully saturated rings. The minimum absolute atomic E-state index is 0.0402. The van der Waals surface area contributed by atoms with E-state index in [0.717, 1.165) is 10.5 Å². The van der Waals surface area contributed by atoms with Gasteiger partial charge in [-0.15, -0.1) is 0 Å². The molecule has 0 bridgehead atoms. The van der Waals surface area contributed by atoms with Crippen molar-refractivity contribution in [1.82, 2.24) is 25.0 Å². The van der Waals surface area contributed by atoms with Crippen molar-refractivity contribution in [3.63, 3.8) is 0 Å². The zero-order valence-corrected chi connectivity index (χ0v) is 23.0. The molecule has 2 aliphatic rings. The van der Waals surface area contributed by atoms with Crippen LogP contribution in [0.25, 0.3) is 0 Å². The van der Waals surface area contributed by atoms with E-state index in [9.17, 15) is 22.8 Å². The van der Waals surface area contributed by atoms with Crippen LogP contribution >= 0.6 is 0 Å². The summed E-state index contributed by atoms with van der Waals surface area (Å²) in [4.78, 5) is 33.8. The fourth-order valence-corrected chi connectivity index (χ4v) is 5.45. The quantitative estimate of drug-likeness (QED) is 0.432. The minimum Gasteiger partial charge on any atom is -0.497 e. The Hall–Kier alpha value is -4.44. The standard InChI is InChI=1S/C29H30F3N7O3/c1-42-22-6-2-19(3-7-22)18-39-28(41)26(29(30,31)32)23-8-5-21(27(23)36-39)16-34-17-25(40)38-12-10-37(11-13-38)24-9-4-20(14-33)15-35-24/h2-4,6-7,9,15,21,34H,5,8,10-13,16-18H2,1H3. The Morgan fingerprint density at radius 2 is 1.88 bits per heavy atom. The van der Waals surface area contributed by atoms with E-state index in [2.05, 4.69) is 15.4 Å². The van der Waals surface area contributed by atoms with E-state index < -0.39 is 17.3 Å². The number of methoxy groups -OCH3 is 1. The molecule has 1 unspecified atom stereocenters. The number of nitriles is 1. The van der Waals surface area contributed by atoms with Crippen LogP contribution in [0.5, 0.6) is 5.75 Å². The summed E-state index contributed by atoms with van der Waals surface area (Å²) in [5.74, 6) is 0.871. The molecule has 1 aliphatic heterocycles. The number of ether oxygens (including phenoxy) is 1. The highest BCUT2D eigenvalue weighted by Gasteiger charge is 2.42. The first kappa shape index (κ1) is 29.1.